The monoisotopic (exact) mass is 353 g/mol. The molecule has 1 fully saturated rings. The number of aromatic nitrogens is 2. The molecule has 1 aliphatic heterocycles. The molecule has 2 unspecified atom stereocenters. The summed E-state index contributed by atoms with van der Waals surface area (Å²) in [6.45, 7) is 3.53. The standard InChI is InChI=1S/C17H23N3O3.ClH/c1-12(18-2)10-16-19-17(23-20-16)13-5-7-14(8-6-13)22-11-15-4-3-9-21-15;/h5-8,12,15,18H,3-4,9-11H2,1-2H3;1H. The third-order valence-corrected chi connectivity index (χ3v) is 4.01. The molecule has 0 saturated carbocycles. The minimum absolute atomic E-state index is 0. The van der Waals surface area contributed by atoms with E-state index in [1.165, 1.54) is 0 Å². The topological polar surface area (TPSA) is 69.4 Å². The van der Waals surface area contributed by atoms with Crippen molar-refractivity contribution in [1.82, 2.24) is 15.5 Å². The maximum atomic E-state index is 5.75. The van der Waals surface area contributed by atoms with Crippen molar-refractivity contribution >= 4 is 12.4 Å². The van der Waals surface area contributed by atoms with Gasteiger partial charge in [-0.05, 0) is 51.1 Å². The highest BCUT2D eigenvalue weighted by Gasteiger charge is 2.16. The van der Waals surface area contributed by atoms with Crippen LogP contribution in [0.4, 0.5) is 0 Å². The van der Waals surface area contributed by atoms with E-state index in [0.29, 0.717) is 24.4 Å². The molecule has 2 atom stereocenters. The van der Waals surface area contributed by atoms with Crippen LogP contribution >= 0.6 is 12.4 Å². The van der Waals surface area contributed by atoms with E-state index in [1.54, 1.807) is 0 Å². The molecule has 7 heteroatoms. The van der Waals surface area contributed by atoms with Crippen LogP contribution in [-0.2, 0) is 11.2 Å². The summed E-state index contributed by atoms with van der Waals surface area (Å²) < 4.78 is 16.6. The largest absolute Gasteiger partial charge is 0.491 e. The van der Waals surface area contributed by atoms with Crippen LogP contribution in [0.3, 0.4) is 0 Å². The first kappa shape index (κ1) is 18.7. The zero-order valence-corrected chi connectivity index (χ0v) is 14.8. The van der Waals surface area contributed by atoms with Crippen LogP contribution in [0.25, 0.3) is 11.5 Å². The molecule has 0 bridgehead atoms. The van der Waals surface area contributed by atoms with Crippen LogP contribution in [-0.4, -0.2) is 42.5 Å². The minimum atomic E-state index is 0. The molecular weight excluding hydrogens is 330 g/mol. The summed E-state index contributed by atoms with van der Waals surface area (Å²) in [5.41, 5.74) is 0.894. The van der Waals surface area contributed by atoms with Gasteiger partial charge in [-0.2, -0.15) is 4.98 Å². The lowest BCUT2D eigenvalue weighted by molar-refractivity contribution is 0.0679. The Morgan fingerprint density at radius 1 is 1.33 bits per heavy atom. The van der Waals surface area contributed by atoms with Gasteiger partial charge in [-0.3, -0.25) is 0 Å². The number of hydrogen-bond acceptors (Lipinski definition) is 6. The molecular formula is C17H24ClN3O3. The maximum absolute atomic E-state index is 5.75. The van der Waals surface area contributed by atoms with E-state index in [1.807, 2.05) is 31.3 Å². The highest BCUT2D eigenvalue weighted by atomic mass is 35.5. The number of rotatable bonds is 7. The lowest BCUT2D eigenvalue weighted by atomic mass is 10.2. The second kappa shape index (κ2) is 9.01. The summed E-state index contributed by atoms with van der Waals surface area (Å²) in [6, 6.07) is 8.02. The quantitative estimate of drug-likeness (QED) is 0.825. The smallest absolute Gasteiger partial charge is 0.257 e. The normalized spacial score (nSPS) is 18.2. The van der Waals surface area contributed by atoms with Gasteiger partial charge in [0.25, 0.3) is 5.89 Å². The highest BCUT2D eigenvalue weighted by Crippen LogP contribution is 2.22. The van der Waals surface area contributed by atoms with Crippen LogP contribution in [0, 0.1) is 0 Å². The Balaban J connectivity index is 0.00000208. The van der Waals surface area contributed by atoms with Gasteiger partial charge in [-0.1, -0.05) is 5.16 Å². The summed E-state index contributed by atoms with van der Waals surface area (Å²) in [6.07, 6.45) is 3.16. The van der Waals surface area contributed by atoms with Gasteiger partial charge in [-0.25, -0.2) is 0 Å². The second-order valence-electron chi connectivity index (χ2n) is 5.88. The van der Waals surface area contributed by atoms with Crippen molar-refractivity contribution in [3.63, 3.8) is 0 Å². The molecule has 0 spiro atoms. The van der Waals surface area contributed by atoms with Crippen LogP contribution in [0.5, 0.6) is 5.75 Å². The number of benzene rings is 1. The number of ether oxygens (including phenoxy) is 2. The van der Waals surface area contributed by atoms with Crippen LogP contribution in [0.1, 0.15) is 25.6 Å². The third-order valence-electron chi connectivity index (χ3n) is 4.01. The van der Waals surface area contributed by atoms with E-state index < -0.39 is 0 Å². The van der Waals surface area contributed by atoms with Crippen molar-refractivity contribution in [3.05, 3.63) is 30.1 Å². The molecule has 24 heavy (non-hydrogen) atoms. The van der Waals surface area contributed by atoms with Gasteiger partial charge in [0, 0.05) is 24.6 Å². The number of halogens is 1. The Kier molecular flexibility index (Phi) is 7.02. The Morgan fingerprint density at radius 3 is 2.79 bits per heavy atom. The molecule has 1 N–H and O–H groups in total. The number of nitrogens with one attached hydrogen (secondary N) is 1. The van der Waals surface area contributed by atoms with E-state index in [2.05, 4.69) is 22.4 Å². The summed E-state index contributed by atoms with van der Waals surface area (Å²) in [4.78, 5) is 4.43. The fourth-order valence-corrected chi connectivity index (χ4v) is 2.49. The van der Waals surface area contributed by atoms with E-state index in [0.717, 1.165) is 37.2 Å². The fraction of sp³-hybridized carbons (Fsp3) is 0.529. The molecule has 0 radical (unpaired) electrons. The minimum Gasteiger partial charge on any atom is -0.491 e. The van der Waals surface area contributed by atoms with Crippen LogP contribution in [0.2, 0.25) is 0 Å². The SMILES string of the molecule is CNC(C)Cc1noc(-c2ccc(OCC3CCCO3)cc2)n1.Cl. The Morgan fingerprint density at radius 2 is 2.12 bits per heavy atom. The average molecular weight is 354 g/mol. The van der Waals surface area contributed by atoms with Crippen molar-refractivity contribution in [3.8, 4) is 17.2 Å². The van der Waals surface area contributed by atoms with Crippen molar-refractivity contribution in [2.24, 2.45) is 0 Å². The first-order valence-corrected chi connectivity index (χ1v) is 8.09. The Hall–Kier alpha value is -1.63. The van der Waals surface area contributed by atoms with Crippen LogP contribution < -0.4 is 10.1 Å². The number of nitrogens with zero attached hydrogens (tertiary/aromatic N) is 2. The fourth-order valence-electron chi connectivity index (χ4n) is 2.49. The zero-order chi connectivity index (χ0) is 16.1. The van der Waals surface area contributed by atoms with Crippen LogP contribution in [0.15, 0.2) is 28.8 Å². The Labute approximate surface area is 148 Å². The molecule has 1 aromatic heterocycles. The summed E-state index contributed by atoms with van der Waals surface area (Å²) in [5, 5.41) is 7.18. The van der Waals surface area contributed by atoms with Gasteiger partial charge in [0.15, 0.2) is 5.82 Å². The molecule has 1 aliphatic rings. The van der Waals surface area contributed by atoms with Gasteiger partial charge in [0.1, 0.15) is 12.4 Å². The second-order valence-corrected chi connectivity index (χ2v) is 5.88. The van der Waals surface area contributed by atoms with Gasteiger partial charge < -0.3 is 19.3 Å². The highest BCUT2D eigenvalue weighted by molar-refractivity contribution is 5.85. The molecule has 132 valence electrons. The van der Waals surface area contributed by atoms with E-state index >= 15 is 0 Å². The van der Waals surface area contributed by atoms with Crippen molar-refractivity contribution in [2.75, 3.05) is 20.3 Å². The van der Waals surface area contributed by atoms with Gasteiger partial charge in [0.2, 0.25) is 0 Å². The van der Waals surface area contributed by atoms with Crippen molar-refractivity contribution in [2.45, 2.75) is 38.3 Å². The first-order valence-electron chi connectivity index (χ1n) is 8.09. The number of likely N-dealkylation sites (N-methyl/N-ethyl adjacent to an activating group) is 1. The maximum Gasteiger partial charge on any atom is 0.257 e. The summed E-state index contributed by atoms with van der Waals surface area (Å²) >= 11 is 0. The van der Waals surface area contributed by atoms with Crippen molar-refractivity contribution < 1.29 is 14.0 Å². The summed E-state index contributed by atoms with van der Waals surface area (Å²) in [5.74, 6) is 2.07. The number of hydrogen-bond donors (Lipinski definition) is 1. The Bertz CT molecular complexity index is 612. The molecule has 3 rings (SSSR count). The molecule has 0 amide bonds. The van der Waals surface area contributed by atoms with Gasteiger partial charge in [0.05, 0.1) is 6.10 Å². The molecule has 2 aromatic rings. The predicted molar refractivity (Wildman–Crippen MR) is 93.7 cm³/mol. The molecule has 2 heterocycles. The van der Waals surface area contributed by atoms with Gasteiger partial charge in [-0.15, -0.1) is 12.4 Å². The average Bonchev–Trinajstić information content (AvgIpc) is 3.25. The lowest BCUT2D eigenvalue weighted by Crippen LogP contribution is -2.24. The van der Waals surface area contributed by atoms with E-state index in [-0.39, 0.29) is 18.5 Å². The molecule has 0 aliphatic carbocycles. The zero-order valence-electron chi connectivity index (χ0n) is 14.0. The van der Waals surface area contributed by atoms with Gasteiger partial charge >= 0.3 is 0 Å². The first-order chi connectivity index (χ1) is 11.2. The molecule has 1 saturated heterocycles. The van der Waals surface area contributed by atoms with Crippen molar-refractivity contribution in [1.29, 1.82) is 0 Å². The van der Waals surface area contributed by atoms with E-state index in [9.17, 15) is 0 Å². The molecule has 1 aromatic carbocycles. The van der Waals surface area contributed by atoms with E-state index in [4.69, 9.17) is 14.0 Å². The lowest BCUT2D eigenvalue weighted by Gasteiger charge is -2.11. The summed E-state index contributed by atoms with van der Waals surface area (Å²) in [7, 11) is 1.92. The molecule has 6 nitrogen and oxygen atoms in total. The third kappa shape index (κ3) is 4.93. The predicted octanol–water partition coefficient (Wildman–Crippen LogP) is 2.87.